The summed E-state index contributed by atoms with van der Waals surface area (Å²) < 4.78 is 0. The topological polar surface area (TPSA) is 112 Å². The summed E-state index contributed by atoms with van der Waals surface area (Å²) in [5.74, 6) is -3.41. The fraction of sp³-hybridized carbons (Fsp3) is 0.125. The van der Waals surface area contributed by atoms with Gasteiger partial charge in [0.1, 0.15) is 0 Å². The minimum atomic E-state index is -1.26. The molecule has 0 aromatic rings. The van der Waals surface area contributed by atoms with Crippen molar-refractivity contribution in [2.45, 2.75) is 6.92 Å². The van der Waals surface area contributed by atoms with E-state index in [0.717, 1.165) is 6.08 Å². The van der Waals surface area contributed by atoms with Crippen LogP contribution in [0.3, 0.4) is 0 Å². The van der Waals surface area contributed by atoms with Gasteiger partial charge in [-0.2, -0.15) is 0 Å². The Hall–Kier alpha value is -2.11. The van der Waals surface area contributed by atoms with Crippen LogP contribution in [0.2, 0.25) is 0 Å². The highest BCUT2D eigenvalue weighted by atomic mass is 16.4. The molecule has 6 heteroatoms. The van der Waals surface area contributed by atoms with Crippen molar-refractivity contribution in [2.24, 2.45) is 0 Å². The number of carboxylic acid groups (broad SMARTS) is 3. The molecule has 0 saturated heterocycles. The number of carboxylic acids is 3. The van der Waals surface area contributed by atoms with Crippen molar-refractivity contribution in [2.75, 3.05) is 0 Å². The fourth-order valence-electron chi connectivity index (χ4n) is 0.285. The summed E-state index contributed by atoms with van der Waals surface area (Å²) in [6, 6.07) is 0. The lowest BCUT2D eigenvalue weighted by molar-refractivity contribution is -0.134. The van der Waals surface area contributed by atoms with Gasteiger partial charge in [0.25, 0.3) is 0 Å². The largest absolute Gasteiger partial charge is 0.478 e. The van der Waals surface area contributed by atoms with Gasteiger partial charge < -0.3 is 15.3 Å². The van der Waals surface area contributed by atoms with Gasteiger partial charge in [0.05, 0.1) is 0 Å². The first-order valence-electron chi connectivity index (χ1n) is 3.39. The lowest BCUT2D eigenvalue weighted by atomic mass is 10.5. The molecule has 0 radical (unpaired) electrons. The average molecular weight is 202 g/mol. The van der Waals surface area contributed by atoms with E-state index in [1.165, 1.54) is 6.08 Å². The fourth-order valence-corrected chi connectivity index (χ4v) is 0.285. The Bertz CT molecular complexity index is 247. The molecule has 0 rings (SSSR count). The second-order valence-electron chi connectivity index (χ2n) is 1.85. The van der Waals surface area contributed by atoms with Gasteiger partial charge in [-0.25, -0.2) is 14.4 Å². The predicted octanol–water partition coefficient (Wildman–Crippen LogP) is 0.359. The summed E-state index contributed by atoms with van der Waals surface area (Å²) in [5, 5.41) is 23.5. The zero-order valence-electron chi connectivity index (χ0n) is 7.38. The van der Waals surface area contributed by atoms with Crippen molar-refractivity contribution in [1.29, 1.82) is 0 Å². The quantitative estimate of drug-likeness (QED) is 0.569. The molecule has 0 heterocycles. The van der Waals surface area contributed by atoms with E-state index >= 15 is 0 Å². The van der Waals surface area contributed by atoms with Crippen LogP contribution in [-0.2, 0) is 14.4 Å². The van der Waals surface area contributed by atoms with Gasteiger partial charge in [0.2, 0.25) is 0 Å². The van der Waals surface area contributed by atoms with Crippen LogP contribution in [0.15, 0.2) is 24.3 Å². The van der Waals surface area contributed by atoms with E-state index in [1.54, 1.807) is 6.92 Å². The molecule has 0 fully saturated rings. The molecule has 0 aliphatic rings. The van der Waals surface area contributed by atoms with Gasteiger partial charge >= 0.3 is 17.9 Å². The minimum Gasteiger partial charge on any atom is -0.478 e. The highest BCUT2D eigenvalue weighted by Crippen LogP contribution is 1.70. The van der Waals surface area contributed by atoms with Crippen LogP contribution in [0.25, 0.3) is 0 Å². The van der Waals surface area contributed by atoms with Gasteiger partial charge in [-0.05, 0) is 6.92 Å². The Morgan fingerprint density at radius 2 is 1.07 bits per heavy atom. The SMILES string of the molecule is CC=CC(=O)O.O=C(O)C=CC(=O)O. The van der Waals surface area contributed by atoms with Gasteiger partial charge in [-0.1, -0.05) is 6.08 Å². The lowest BCUT2D eigenvalue weighted by Gasteiger charge is -1.74. The Morgan fingerprint density at radius 3 is 1.14 bits per heavy atom. The Kier molecular flexibility index (Phi) is 9.25. The van der Waals surface area contributed by atoms with Crippen LogP contribution in [-0.4, -0.2) is 33.2 Å². The molecule has 14 heavy (non-hydrogen) atoms. The van der Waals surface area contributed by atoms with Crippen molar-refractivity contribution >= 4 is 17.9 Å². The van der Waals surface area contributed by atoms with E-state index in [-0.39, 0.29) is 0 Å². The Morgan fingerprint density at radius 1 is 0.786 bits per heavy atom. The molecular weight excluding hydrogens is 192 g/mol. The maximum atomic E-state index is 9.55. The number of allylic oxidation sites excluding steroid dienone is 1. The summed E-state index contributed by atoms with van der Waals surface area (Å²) in [4.78, 5) is 28.6. The number of carbonyl (C=O) groups is 3. The lowest BCUT2D eigenvalue weighted by Crippen LogP contribution is -1.91. The average Bonchev–Trinajstić information content (AvgIpc) is 2.01. The molecule has 3 N–H and O–H groups in total. The van der Waals surface area contributed by atoms with Crippen LogP contribution < -0.4 is 0 Å². The normalized spacial score (nSPS) is 9.50. The van der Waals surface area contributed by atoms with Crippen molar-refractivity contribution < 1.29 is 29.7 Å². The van der Waals surface area contributed by atoms with Crippen molar-refractivity contribution in [3.63, 3.8) is 0 Å². The molecule has 78 valence electrons. The Labute approximate surface area is 79.8 Å². The smallest absolute Gasteiger partial charge is 0.328 e. The van der Waals surface area contributed by atoms with Crippen molar-refractivity contribution in [1.82, 2.24) is 0 Å². The standard InChI is InChI=1S/C4H4O4.C4H6O2/c5-3(6)1-2-4(7)8;1-2-3-4(5)6/h1-2H,(H,5,6)(H,7,8);2-3H,1H3,(H,5,6). The molecule has 0 aliphatic heterocycles. The molecule has 0 aromatic carbocycles. The second kappa shape index (κ2) is 8.98. The number of aliphatic carboxylic acids is 3. The van der Waals surface area contributed by atoms with E-state index in [9.17, 15) is 14.4 Å². The third-order valence-electron chi connectivity index (χ3n) is 0.678. The molecule has 0 unspecified atom stereocenters. The van der Waals surface area contributed by atoms with Gasteiger partial charge in [-0.3, -0.25) is 0 Å². The first-order valence-corrected chi connectivity index (χ1v) is 3.39. The van der Waals surface area contributed by atoms with Crippen molar-refractivity contribution in [3.05, 3.63) is 24.3 Å². The number of hydrogen-bond donors (Lipinski definition) is 3. The van der Waals surface area contributed by atoms with E-state index in [4.69, 9.17) is 15.3 Å². The minimum absolute atomic E-state index is 0.558. The van der Waals surface area contributed by atoms with Gasteiger partial charge in [0, 0.05) is 18.2 Å². The molecule has 0 saturated carbocycles. The molecule has 0 bridgehead atoms. The van der Waals surface area contributed by atoms with Crippen LogP contribution in [0, 0.1) is 0 Å². The van der Waals surface area contributed by atoms with Crippen LogP contribution in [0.4, 0.5) is 0 Å². The molecule has 6 nitrogen and oxygen atoms in total. The summed E-state index contributed by atoms with van der Waals surface area (Å²) in [5.41, 5.74) is 0. The summed E-state index contributed by atoms with van der Waals surface area (Å²) in [6.07, 6.45) is 3.67. The molecular formula is C8H10O6. The maximum absolute atomic E-state index is 9.55. The van der Waals surface area contributed by atoms with Crippen LogP contribution in [0.5, 0.6) is 0 Å². The highest BCUT2D eigenvalue weighted by molar-refractivity contribution is 5.89. The monoisotopic (exact) mass is 202 g/mol. The summed E-state index contributed by atoms with van der Waals surface area (Å²) in [7, 11) is 0. The Balaban J connectivity index is 0. The van der Waals surface area contributed by atoms with E-state index < -0.39 is 17.9 Å². The molecule has 0 atom stereocenters. The molecule has 0 amide bonds. The molecule has 0 aromatic heterocycles. The third kappa shape index (κ3) is 22.5. The van der Waals surface area contributed by atoms with Crippen molar-refractivity contribution in [3.8, 4) is 0 Å². The number of rotatable bonds is 3. The van der Waals surface area contributed by atoms with E-state index in [0.29, 0.717) is 12.2 Å². The van der Waals surface area contributed by atoms with Crippen LogP contribution in [0.1, 0.15) is 6.92 Å². The van der Waals surface area contributed by atoms with Gasteiger partial charge in [-0.15, -0.1) is 0 Å². The van der Waals surface area contributed by atoms with Gasteiger partial charge in [0.15, 0.2) is 0 Å². The van der Waals surface area contributed by atoms with E-state index in [2.05, 4.69) is 0 Å². The third-order valence-corrected chi connectivity index (χ3v) is 0.678. The molecule has 0 aliphatic carbocycles. The predicted molar refractivity (Wildman–Crippen MR) is 46.9 cm³/mol. The maximum Gasteiger partial charge on any atom is 0.328 e. The van der Waals surface area contributed by atoms with Crippen LogP contribution >= 0.6 is 0 Å². The number of hydrogen-bond acceptors (Lipinski definition) is 3. The second-order valence-corrected chi connectivity index (χ2v) is 1.85. The van der Waals surface area contributed by atoms with E-state index in [1.807, 2.05) is 0 Å². The zero-order chi connectivity index (χ0) is 11.6. The summed E-state index contributed by atoms with van der Waals surface area (Å²) in [6.45, 7) is 1.66. The first kappa shape index (κ1) is 14.4. The first-order chi connectivity index (χ1) is 6.40. The summed E-state index contributed by atoms with van der Waals surface area (Å²) >= 11 is 0. The zero-order valence-corrected chi connectivity index (χ0v) is 7.38. The highest BCUT2D eigenvalue weighted by Gasteiger charge is 1.88. The molecule has 0 spiro atoms.